The van der Waals surface area contributed by atoms with Crippen LogP contribution < -0.4 is 5.73 Å². The van der Waals surface area contributed by atoms with Gasteiger partial charge in [0.2, 0.25) is 0 Å². The summed E-state index contributed by atoms with van der Waals surface area (Å²) in [6.07, 6.45) is 5.04. The van der Waals surface area contributed by atoms with Gasteiger partial charge in [0.15, 0.2) is 0 Å². The molecule has 1 aliphatic carbocycles. The van der Waals surface area contributed by atoms with Crippen molar-refractivity contribution in [1.29, 1.82) is 0 Å². The number of benzene rings is 1. The molecule has 0 spiro atoms. The van der Waals surface area contributed by atoms with E-state index in [1.54, 1.807) is 0 Å². The normalized spacial score (nSPS) is 19.4. The summed E-state index contributed by atoms with van der Waals surface area (Å²) in [4.78, 5) is 0. The van der Waals surface area contributed by atoms with E-state index in [0.717, 1.165) is 22.9 Å². The minimum Gasteiger partial charge on any atom is -0.325 e. The molecule has 1 nitrogen and oxygen atoms in total. The van der Waals surface area contributed by atoms with Crippen molar-refractivity contribution in [1.82, 2.24) is 0 Å². The second kappa shape index (κ2) is 4.22. The summed E-state index contributed by atoms with van der Waals surface area (Å²) in [6, 6.07) is 5.21. The van der Waals surface area contributed by atoms with Gasteiger partial charge in [-0.2, -0.15) is 0 Å². The Morgan fingerprint density at radius 3 is 2.60 bits per heavy atom. The molecule has 0 unspecified atom stereocenters. The molecular weight excluding hydrogens is 257 g/mol. The molecule has 1 aromatic carbocycles. The molecule has 0 atom stereocenters. The van der Waals surface area contributed by atoms with Crippen LogP contribution in [0, 0.1) is 5.82 Å². The number of halogens is 2. The number of hydrogen-bond acceptors (Lipinski definition) is 1. The first-order chi connectivity index (χ1) is 7.09. The molecule has 15 heavy (non-hydrogen) atoms. The fraction of sp³-hybridized carbons (Fsp3) is 0.500. The Balaban J connectivity index is 2.16. The van der Waals surface area contributed by atoms with Gasteiger partial charge in [-0.3, -0.25) is 0 Å². The zero-order valence-electron chi connectivity index (χ0n) is 8.60. The van der Waals surface area contributed by atoms with Crippen molar-refractivity contribution in [3.8, 4) is 0 Å². The van der Waals surface area contributed by atoms with E-state index >= 15 is 0 Å². The second-order valence-corrected chi connectivity index (χ2v) is 5.40. The topological polar surface area (TPSA) is 26.0 Å². The monoisotopic (exact) mass is 271 g/mol. The van der Waals surface area contributed by atoms with Crippen LogP contribution in [0.5, 0.6) is 0 Å². The lowest BCUT2D eigenvalue weighted by Gasteiger charge is -2.23. The van der Waals surface area contributed by atoms with Crippen molar-refractivity contribution in [2.75, 3.05) is 0 Å². The van der Waals surface area contributed by atoms with Crippen LogP contribution in [0.3, 0.4) is 0 Å². The van der Waals surface area contributed by atoms with Gasteiger partial charge in [-0.25, -0.2) is 4.39 Å². The van der Waals surface area contributed by atoms with Gasteiger partial charge in [-0.1, -0.05) is 34.8 Å². The molecular formula is C12H15BrFN. The third-order valence-corrected chi connectivity index (χ3v) is 3.65. The average molecular weight is 272 g/mol. The Labute approximate surface area is 98.0 Å². The van der Waals surface area contributed by atoms with Crippen LogP contribution in [-0.4, -0.2) is 5.54 Å². The van der Waals surface area contributed by atoms with Gasteiger partial charge in [0.05, 0.1) is 0 Å². The Morgan fingerprint density at radius 1 is 1.33 bits per heavy atom. The Kier molecular flexibility index (Phi) is 3.12. The highest BCUT2D eigenvalue weighted by atomic mass is 79.9. The summed E-state index contributed by atoms with van der Waals surface area (Å²) in [7, 11) is 0. The molecule has 0 aromatic heterocycles. The highest BCUT2D eigenvalue weighted by Crippen LogP contribution is 2.31. The Bertz CT molecular complexity index is 359. The maximum absolute atomic E-state index is 13.6. The van der Waals surface area contributed by atoms with Crippen LogP contribution in [0.4, 0.5) is 4.39 Å². The lowest BCUT2D eigenvalue weighted by Crippen LogP contribution is -2.38. The SMILES string of the molecule is NC1(Cc2ccc(Br)cc2F)CCCC1. The number of nitrogens with two attached hydrogens (primary N) is 1. The Morgan fingerprint density at radius 2 is 2.00 bits per heavy atom. The van der Waals surface area contributed by atoms with E-state index < -0.39 is 0 Å². The first-order valence-corrected chi connectivity index (χ1v) is 6.11. The average Bonchev–Trinajstić information content (AvgIpc) is 2.58. The molecule has 1 aliphatic rings. The summed E-state index contributed by atoms with van der Waals surface area (Å²) in [5.74, 6) is -0.152. The van der Waals surface area contributed by atoms with Crippen molar-refractivity contribution >= 4 is 15.9 Å². The number of rotatable bonds is 2. The molecule has 2 rings (SSSR count). The second-order valence-electron chi connectivity index (χ2n) is 4.48. The van der Waals surface area contributed by atoms with Crippen molar-refractivity contribution in [2.45, 2.75) is 37.6 Å². The largest absolute Gasteiger partial charge is 0.325 e. The van der Waals surface area contributed by atoms with Crippen LogP contribution >= 0.6 is 15.9 Å². The molecule has 1 fully saturated rings. The van der Waals surface area contributed by atoms with E-state index in [1.807, 2.05) is 12.1 Å². The predicted octanol–water partition coefficient (Wildman–Crippen LogP) is 3.40. The molecule has 82 valence electrons. The van der Waals surface area contributed by atoms with Gasteiger partial charge >= 0.3 is 0 Å². The zero-order valence-corrected chi connectivity index (χ0v) is 10.2. The van der Waals surface area contributed by atoms with Crippen LogP contribution in [0.2, 0.25) is 0 Å². The van der Waals surface area contributed by atoms with Crippen molar-refractivity contribution in [2.24, 2.45) is 5.73 Å². The van der Waals surface area contributed by atoms with E-state index in [1.165, 1.54) is 18.9 Å². The molecule has 0 aliphatic heterocycles. The van der Waals surface area contributed by atoms with Gasteiger partial charge in [0, 0.05) is 10.0 Å². The third kappa shape index (κ3) is 2.58. The lowest BCUT2D eigenvalue weighted by molar-refractivity contribution is 0.427. The van der Waals surface area contributed by atoms with Crippen LogP contribution in [0.25, 0.3) is 0 Å². The molecule has 1 saturated carbocycles. The van der Waals surface area contributed by atoms with Gasteiger partial charge < -0.3 is 5.73 Å². The molecule has 0 heterocycles. The first-order valence-electron chi connectivity index (χ1n) is 5.32. The molecule has 0 radical (unpaired) electrons. The first kappa shape index (κ1) is 11.1. The standard InChI is InChI=1S/C12H15BrFN/c13-10-4-3-9(11(14)7-10)8-12(15)5-1-2-6-12/h3-4,7H,1-2,5-6,8,15H2. The Hall–Kier alpha value is -0.410. The summed E-state index contributed by atoms with van der Waals surface area (Å²) in [5.41, 5.74) is 6.79. The quantitative estimate of drug-likeness (QED) is 0.877. The van der Waals surface area contributed by atoms with E-state index in [0.29, 0.717) is 6.42 Å². The molecule has 3 heteroatoms. The molecule has 0 saturated heterocycles. The van der Waals surface area contributed by atoms with E-state index in [2.05, 4.69) is 15.9 Å². The van der Waals surface area contributed by atoms with Crippen molar-refractivity contribution in [3.05, 3.63) is 34.1 Å². The van der Waals surface area contributed by atoms with Gasteiger partial charge in [-0.15, -0.1) is 0 Å². The molecule has 2 N–H and O–H groups in total. The van der Waals surface area contributed by atoms with E-state index in [9.17, 15) is 4.39 Å². The highest BCUT2D eigenvalue weighted by molar-refractivity contribution is 9.10. The van der Waals surface area contributed by atoms with Crippen molar-refractivity contribution in [3.63, 3.8) is 0 Å². The summed E-state index contributed by atoms with van der Waals surface area (Å²) in [6.45, 7) is 0. The van der Waals surface area contributed by atoms with Crippen LogP contribution in [0.15, 0.2) is 22.7 Å². The van der Waals surface area contributed by atoms with Gasteiger partial charge in [-0.05, 0) is 37.0 Å². The summed E-state index contributed by atoms with van der Waals surface area (Å²) >= 11 is 3.25. The van der Waals surface area contributed by atoms with E-state index in [4.69, 9.17) is 5.73 Å². The fourth-order valence-corrected chi connectivity index (χ4v) is 2.63. The summed E-state index contributed by atoms with van der Waals surface area (Å²) < 4.78 is 14.4. The van der Waals surface area contributed by atoms with Gasteiger partial charge in [0.25, 0.3) is 0 Å². The fourth-order valence-electron chi connectivity index (χ4n) is 2.30. The van der Waals surface area contributed by atoms with Crippen molar-refractivity contribution < 1.29 is 4.39 Å². The molecule has 0 bridgehead atoms. The highest BCUT2D eigenvalue weighted by Gasteiger charge is 2.30. The van der Waals surface area contributed by atoms with Crippen LogP contribution in [-0.2, 0) is 6.42 Å². The smallest absolute Gasteiger partial charge is 0.127 e. The molecule has 1 aromatic rings. The number of hydrogen-bond donors (Lipinski definition) is 1. The third-order valence-electron chi connectivity index (χ3n) is 3.16. The summed E-state index contributed by atoms with van der Waals surface area (Å²) in [5, 5.41) is 0. The van der Waals surface area contributed by atoms with Crippen LogP contribution in [0.1, 0.15) is 31.2 Å². The minimum absolute atomic E-state index is 0.152. The maximum atomic E-state index is 13.6. The maximum Gasteiger partial charge on any atom is 0.127 e. The minimum atomic E-state index is -0.172. The predicted molar refractivity (Wildman–Crippen MR) is 63.2 cm³/mol. The van der Waals surface area contributed by atoms with Gasteiger partial charge in [0.1, 0.15) is 5.82 Å². The lowest BCUT2D eigenvalue weighted by atomic mass is 9.90. The molecule has 0 amide bonds. The van der Waals surface area contributed by atoms with E-state index in [-0.39, 0.29) is 11.4 Å². The zero-order chi connectivity index (χ0) is 10.9.